The first-order chi connectivity index (χ1) is 13.7. The van der Waals surface area contributed by atoms with Gasteiger partial charge in [-0.05, 0) is 31.1 Å². The third-order valence-corrected chi connectivity index (χ3v) is 5.77. The van der Waals surface area contributed by atoms with Gasteiger partial charge in [0.15, 0.2) is 0 Å². The van der Waals surface area contributed by atoms with E-state index in [0.717, 1.165) is 63.8 Å². The molecule has 0 amide bonds. The quantitative estimate of drug-likeness (QED) is 0.769. The van der Waals surface area contributed by atoms with Gasteiger partial charge in [-0.1, -0.05) is 18.2 Å². The molecular weight excluding hydrogens is 352 g/mol. The largest absolute Gasteiger partial charge is 0.494 e. The molecule has 150 valence electrons. The summed E-state index contributed by atoms with van der Waals surface area (Å²) >= 11 is 0. The zero-order valence-electron chi connectivity index (χ0n) is 16.9. The maximum atomic E-state index is 5.47. The fraction of sp³-hybridized carbons (Fsp3) is 0.500. The van der Waals surface area contributed by atoms with Crippen LogP contribution in [0.1, 0.15) is 18.9 Å². The van der Waals surface area contributed by atoms with E-state index in [1.54, 1.807) is 7.11 Å². The lowest BCUT2D eigenvalue weighted by molar-refractivity contribution is 0.0132. The molecule has 2 aliphatic rings. The van der Waals surface area contributed by atoms with Crippen LogP contribution in [0, 0.1) is 0 Å². The predicted molar refractivity (Wildman–Crippen MR) is 111 cm³/mol. The first-order valence-electron chi connectivity index (χ1n) is 10.2. The van der Waals surface area contributed by atoms with Crippen LogP contribution >= 0.6 is 0 Å². The maximum absolute atomic E-state index is 5.47. The number of aromatic nitrogens is 2. The van der Waals surface area contributed by atoms with Crippen LogP contribution in [0.3, 0.4) is 0 Å². The average Bonchev–Trinajstić information content (AvgIpc) is 3.25. The molecule has 0 radical (unpaired) electrons. The molecule has 0 bridgehead atoms. The molecule has 6 heteroatoms. The Kier molecular flexibility index (Phi) is 6.10. The van der Waals surface area contributed by atoms with Gasteiger partial charge in [0, 0.05) is 50.5 Å². The number of morpholine rings is 1. The van der Waals surface area contributed by atoms with Crippen molar-refractivity contribution in [2.24, 2.45) is 0 Å². The SMILES string of the molecule is COc1ccccc1-n1cc(C2=CCN(C[C@@H](C)N3CCOCC3)CC2)cn1. The number of methoxy groups -OCH3 is 1. The Morgan fingerprint density at radius 1 is 1.18 bits per heavy atom. The minimum Gasteiger partial charge on any atom is -0.494 e. The highest BCUT2D eigenvalue weighted by Gasteiger charge is 2.21. The fourth-order valence-electron chi connectivity index (χ4n) is 4.09. The second-order valence-electron chi connectivity index (χ2n) is 7.58. The van der Waals surface area contributed by atoms with Crippen molar-refractivity contribution >= 4 is 5.57 Å². The summed E-state index contributed by atoms with van der Waals surface area (Å²) in [6, 6.07) is 8.55. The first-order valence-corrected chi connectivity index (χ1v) is 10.2. The Labute approximate surface area is 167 Å². The van der Waals surface area contributed by atoms with Gasteiger partial charge in [0.05, 0.1) is 26.5 Å². The van der Waals surface area contributed by atoms with E-state index < -0.39 is 0 Å². The van der Waals surface area contributed by atoms with E-state index in [9.17, 15) is 0 Å². The normalized spacial score (nSPS) is 20.0. The molecule has 1 aromatic carbocycles. The first kappa shape index (κ1) is 19.2. The van der Waals surface area contributed by atoms with E-state index in [2.05, 4.69) is 34.1 Å². The average molecular weight is 383 g/mol. The molecule has 6 nitrogen and oxygen atoms in total. The van der Waals surface area contributed by atoms with Crippen molar-refractivity contribution in [3.63, 3.8) is 0 Å². The van der Waals surface area contributed by atoms with E-state index in [-0.39, 0.29) is 0 Å². The number of rotatable bonds is 6. The van der Waals surface area contributed by atoms with Crippen molar-refractivity contribution < 1.29 is 9.47 Å². The number of nitrogens with zero attached hydrogens (tertiary/aromatic N) is 4. The van der Waals surface area contributed by atoms with Crippen molar-refractivity contribution in [1.29, 1.82) is 0 Å². The summed E-state index contributed by atoms with van der Waals surface area (Å²) in [7, 11) is 1.69. The molecule has 2 aliphatic heterocycles. The highest BCUT2D eigenvalue weighted by molar-refractivity contribution is 5.66. The minimum atomic E-state index is 0.576. The molecule has 0 saturated carbocycles. The number of hydrogen-bond acceptors (Lipinski definition) is 5. The van der Waals surface area contributed by atoms with Crippen molar-refractivity contribution in [3.8, 4) is 11.4 Å². The van der Waals surface area contributed by atoms with Crippen molar-refractivity contribution in [1.82, 2.24) is 19.6 Å². The number of para-hydroxylation sites is 2. The Bertz CT molecular complexity index is 810. The van der Waals surface area contributed by atoms with Gasteiger partial charge in [-0.2, -0.15) is 5.10 Å². The number of benzene rings is 1. The van der Waals surface area contributed by atoms with Crippen LogP contribution in [0.15, 0.2) is 42.7 Å². The molecule has 4 rings (SSSR count). The van der Waals surface area contributed by atoms with Crippen LogP contribution in [0.2, 0.25) is 0 Å². The van der Waals surface area contributed by atoms with E-state index in [1.165, 1.54) is 11.1 Å². The number of hydrogen-bond donors (Lipinski definition) is 0. The summed E-state index contributed by atoms with van der Waals surface area (Å²) in [4.78, 5) is 5.09. The van der Waals surface area contributed by atoms with Crippen LogP contribution < -0.4 is 4.74 Å². The molecule has 3 heterocycles. The molecule has 0 spiro atoms. The van der Waals surface area contributed by atoms with Crippen LogP contribution in [0.5, 0.6) is 5.75 Å². The van der Waals surface area contributed by atoms with Crippen LogP contribution in [0.4, 0.5) is 0 Å². The van der Waals surface area contributed by atoms with Gasteiger partial charge < -0.3 is 9.47 Å². The van der Waals surface area contributed by atoms with Crippen LogP contribution in [-0.4, -0.2) is 78.7 Å². The summed E-state index contributed by atoms with van der Waals surface area (Å²) in [6.45, 7) is 9.39. The lowest BCUT2D eigenvalue weighted by Gasteiger charge is -2.36. The maximum Gasteiger partial charge on any atom is 0.144 e. The smallest absolute Gasteiger partial charge is 0.144 e. The van der Waals surface area contributed by atoms with E-state index in [0.29, 0.717) is 6.04 Å². The Morgan fingerprint density at radius 2 is 2.00 bits per heavy atom. The molecule has 28 heavy (non-hydrogen) atoms. The second-order valence-corrected chi connectivity index (χ2v) is 7.58. The summed E-state index contributed by atoms with van der Waals surface area (Å²) in [6.07, 6.45) is 7.49. The predicted octanol–water partition coefficient (Wildman–Crippen LogP) is 2.69. The molecule has 0 N–H and O–H groups in total. The van der Waals surface area contributed by atoms with Gasteiger partial charge in [-0.25, -0.2) is 4.68 Å². The molecule has 0 unspecified atom stereocenters. The van der Waals surface area contributed by atoms with Gasteiger partial charge in [0.1, 0.15) is 11.4 Å². The fourth-order valence-corrected chi connectivity index (χ4v) is 4.09. The van der Waals surface area contributed by atoms with Gasteiger partial charge >= 0.3 is 0 Å². The summed E-state index contributed by atoms with van der Waals surface area (Å²) < 4.78 is 12.8. The standard InChI is InChI=1S/C22H30N4O2/c1-18(25-11-13-28-14-12-25)16-24-9-7-19(8-10-24)20-15-23-26(17-20)21-5-3-4-6-22(21)27-2/h3-7,15,17-18H,8-14,16H2,1-2H3/t18-/m1/s1. The molecule has 1 saturated heterocycles. The molecule has 1 fully saturated rings. The van der Waals surface area contributed by atoms with E-state index >= 15 is 0 Å². The Balaban J connectivity index is 1.38. The Morgan fingerprint density at radius 3 is 2.75 bits per heavy atom. The van der Waals surface area contributed by atoms with Gasteiger partial charge in [-0.3, -0.25) is 9.80 Å². The zero-order chi connectivity index (χ0) is 19.3. The minimum absolute atomic E-state index is 0.576. The third kappa shape index (κ3) is 4.29. The number of ether oxygens (including phenoxy) is 2. The van der Waals surface area contributed by atoms with E-state index in [1.807, 2.05) is 35.1 Å². The van der Waals surface area contributed by atoms with Gasteiger partial charge in [-0.15, -0.1) is 0 Å². The molecule has 1 aromatic heterocycles. The topological polar surface area (TPSA) is 42.8 Å². The van der Waals surface area contributed by atoms with Crippen molar-refractivity contribution in [3.05, 3.63) is 48.3 Å². The van der Waals surface area contributed by atoms with Gasteiger partial charge in [0.25, 0.3) is 0 Å². The molecular formula is C22H30N4O2. The summed E-state index contributed by atoms with van der Waals surface area (Å²) in [5, 5.41) is 4.56. The Hall–Kier alpha value is -2.15. The molecule has 2 aromatic rings. The molecule has 1 atom stereocenters. The lowest BCUT2D eigenvalue weighted by atomic mass is 10.0. The summed E-state index contributed by atoms with van der Waals surface area (Å²) in [5.74, 6) is 0.832. The van der Waals surface area contributed by atoms with E-state index in [4.69, 9.17) is 9.47 Å². The van der Waals surface area contributed by atoms with Crippen molar-refractivity contribution in [2.75, 3.05) is 53.0 Å². The van der Waals surface area contributed by atoms with Crippen LogP contribution in [-0.2, 0) is 4.74 Å². The highest BCUT2D eigenvalue weighted by atomic mass is 16.5. The third-order valence-electron chi connectivity index (χ3n) is 5.77. The zero-order valence-corrected chi connectivity index (χ0v) is 16.9. The lowest BCUT2D eigenvalue weighted by Crippen LogP contribution is -2.48. The monoisotopic (exact) mass is 382 g/mol. The summed E-state index contributed by atoms with van der Waals surface area (Å²) in [5.41, 5.74) is 3.55. The second kappa shape index (κ2) is 8.90. The van der Waals surface area contributed by atoms with Gasteiger partial charge in [0.2, 0.25) is 0 Å². The molecule has 0 aliphatic carbocycles. The van der Waals surface area contributed by atoms with Crippen LogP contribution in [0.25, 0.3) is 11.3 Å². The van der Waals surface area contributed by atoms with Crippen molar-refractivity contribution in [2.45, 2.75) is 19.4 Å². The highest BCUT2D eigenvalue weighted by Crippen LogP contribution is 2.26.